The van der Waals surface area contributed by atoms with Crippen LogP contribution in [0.3, 0.4) is 0 Å². The first-order valence-electron chi connectivity index (χ1n) is 1.53. The first-order chi connectivity index (χ1) is 3.31. The molecular weight excluding hydrogens is 130 g/mol. The van der Waals surface area contributed by atoms with Crippen molar-refractivity contribution in [1.82, 2.24) is 0 Å². The minimum atomic E-state index is -0.720. The second-order valence-corrected chi connectivity index (χ2v) is 0.717. The number of carbonyl (C=O) groups excluding carboxylic acids is 1. The second-order valence-electron chi connectivity index (χ2n) is 0.717. The highest BCUT2D eigenvalue weighted by molar-refractivity contribution is 5.85. The van der Waals surface area contributed by atoms with Gasteiger partial charge >= 0.3 is 5.97 Å². The Bertz CT molecular complexity index is 126. The lowest BCUT2D eigenvalue weighted by molar-refractivity contribution is -0.131. The fraction of sp³-hybridized carbons (Fsp3) is 0. The summed E-state index contributed by atoms with van der Waals surface area (Å²) in [5, 5.41) is 7.63. The number of esters is 1. The van der Waals surface area contributed by atoms with E-state index in [2.05, 4.69) is 11.3 Å². The van der Waals surface area contributed by atoms with E-state index in [1.165, 1.54) is 6.26 Å². The molecule has 0 atom stereocenters. The molecule has 0 rings (SSSR count). The van der Waals surface area contributed by atoms with Crippen LogP contribution < -0.4 is 0 Å². The van der Waals surface area contributed by atoms with Crippen molar-refractivity contribution >= 4 is 18.4 Å². The zero-order valence-electron chi connectivity index (χ0n) is 3.96. The molecule has 0 aliphatic heterocycles. The van der Waals surface area contributed by atoms with Gasteiger partial charge in [-0.3, -0.25) is 0 Å². The molecule has 0 saturated heterocycles. The van der Waals surface area contributed by atoms with Crippen molar-refractivity contribution in [3.8, 4) is 6.26 Å². The lowest BCUT2D eigenvalue weighted by Crippen LogP contribution is -1.91. The van der Waals surface area contributed by atoms with Gasteiger partial charge in [0, 0.05) is 6.08 Å². The molecule has 44 valence electrons. The zero-order valence-corrected chi connectivity index (χ0v) is 4.77. The van der Waals surface area contributed by atoms with Crippen molar-refractivity contribution in [2.24, 2.45) is 0 Å². The van der Waals surface area contributed by atoms with Crippen molar-refractivity contribution in [3.63, 3.8) is 0 Å². The average Bonchev–Trinajstić information content (AvgIpc) is 1.68. The van der Waals surface area contributed by atoms with Gasteiger partial charge in [-0.2, -0.15) is 0 Å². The highest BCUT2D eigenvalue weighted by Gasteiger charge is 1.87. The van der Waals surface area contributed by atoms with Crippen LogP contribution in [0.15, 0.2) is 12.7 Å². The summed E-state index contributed by atoms with van der Waals surface area (Å²) in [5.74, 6) is -0.720. The van der Waals surface area contributed by atoms with E-state index in [9.17, 15) is 4.79 Å². The summed E-state index contributed by atoms with van der Waals surface area (Å²) in [4.78, 5) is 9.85. The molecule has 0 aromatic rings. The molecule has 0 radical (unpaired) electrons. The summed E-state index contributed by atoms with van der Waals surface area (Å²) in [7, 11) is 0. The van der Waals surface area contributed by atoms with Crippen molar-refractivity contribution in [1.29, 1.82) is 5.26 Å². The highest BCUT2D eigenvalue weighted by Crippen LogP contribution is 1.71. The van der Waals surface area contributed by atoms with Crippen molar-refractivity contribution < 1.29 is 9.53 Å². The molecule has 8 heavy (non-hydrogen) atoms. The molecule has 0 aliphatic carbocycles. The Kier molecular flexibility index (Phi) is 7.54. The van der Waals surface area contributed by atoms with Crippen LogP contribution in [0.25, 0.3) is 0 Å². The standard InChI is InChI=1S/C4H3NO2.ClH/c1-2-4(6)7-3-5;/h2H,1H2;1H. The van der Waals surface area contributed by atoms with Crippen molar-refractivity contribution in [2.45, 2.75) is 0 Å². The third-order valence-corrected chi connectivity index (χ3v) is 0.313. The molecule has 0 amide bonds. The Morgan fingerprint density at radius 2 is 2.38 bits per heavy atom. The lowest BCUT2D eigenvalue weighted by atomic mass is 10.7. The molecule has 0 saturated carbocycles. The SMILES string of the molecule is C=CC(=O)OC#N.Cl. The van der Waals surface area contributed by atoms with Crippen LogP contribution in [0.5, 0.6) is 0 Å². The van der Waals surface area contributed by atoms with Crippen molar-refractivity contribution in [3.05, 3.63) is 12.7 Å². The highest BCUT2D eigenvalue weighted by atomic mass is 35.5. The Morgan fingerprint density at radius 1 is 1.88 bits per heavy atom. The summed E-state index contributed by atoms with van der Waals surface area (Å²) < 4.78 is 3.74. The maximum absolute atomic E-state index is 9.85. The molecule has 0 aromatic carbocycles. The molecule has 0 bridgehead atoms. The predicted molar refractivity (Wildman–Crippen MR) is 29.1 cm³/mol. The van der Waals surface area contributed by atoms with E-state index in [0.717, 1.165) is 6.08 Å². The second kappa shape index (κ2) is 5.99. The topological polar surface area (TPSA) is 50.1 Å². The van der Waals surface area contributed by atoms with Gasteiger partial charge in [0.1, 0.15) is 0 Å². The first-order valence-corrected chi connectivity index (χ1v) is 1.53. The molecule has 0 N–H and O–H groups in total. The normalized spacial score (nSPS) is 5.38. The summed E-state index contributed by atoms with van der Waals surface area (Å²) >= 11 is 0. The van der Waals surface area contributed by atoms with Crippen LogP contribution in [0.1, 0.15) is 0 Å². The maximum atomic E-state index is 9.85. The zero-order chi connectivity index (χ0) is 5.70. The molecule has 0 aliphatic rings. The number of hydrogen-bond acceptors (Lipinski definition) is 3. The lowest BCUT2D eigenvalue weighted by Gasteiger charge is -1.77. The molecule has 3 nitrogen and oxygen atoms in total. The number of halogens is 1. The third-order valence-electron chi connectivity index (χ3n) is 0.313. The fourth-order valence-electron chi connectivity index (χ4n) is 0.0867. The van der Waals surface area contributed by atoms with Gasteiger partial charge in [-0.1, -0.05) is 6.58 Å². The van der Waals surface area contributed by atoms with Gasteiger partial charge in [0.15, 0.2) is 0 Å². The van der Waals surface area contributed by atoms with E-state index in [4.69, 9.17) is 5.26 Å². The van der Waals surface area contributed by atoms with Gasteiger partial charge in [0.2, 0.25) is 0 Å². The monoisotopic (exact) mass is 133 g/mol. The average molecular weight is 134 g/mol. The van der Waals surface area contributed by atoms with Gasteiger partial charge in [-0.25, -0.2) is 4.79 Å². The minimum Gasteiger partial charge on any atom is -0.347 e. The van der Waals surface area contributed by atoms with Crippen LogP contribution >= 0.6 is 12.4 Å². The Hall–Kier alpha value is -1.01. The van der Waals surface area contributed by atoms with Crippen LogP contribution in [0, 0.1) is 11.5 Å². The molecular formula is C4H4ClNO2. The van der Waals surface area contributed by atoms with E-state index in [1.54, 1.807) is 0 Å². The third kappa shape index (κ3) is 4.99. The van der Waals surface area contributed by atoms with Crippen LogP contribution in [0.2, 0.25) is 0 Å². The molecule has 0 unspecified atom stereocenters. The number of nitrogens with zero attached hydrogens (tertiary/aromatic N) is 1. The first kappa shape index (κ1) is 10.1. The molecule has 0 spiro atoms. The van der Waals surface area contributed by atoms with Crippen molar-refractivity contribution in [2.75, 3.05) is 0 Å². The molecule has 4 heteroatoms. The Balaban J connectivity index is 0. The van der Waals surface area contributed by atoms with Gasteiger partial charge < -0.3 is 4.74 Å². The number of rotatable bonds is 1. The summed E-state index contributed by atoms with van der Waals surface area (Å²) in [6.45, 7) is 3.05. The fourth-order valence-corrected chi connectivity index (χ4v) is 0.0867. The number of nitriles is 1. The van der Waals surface area contributed by atoms with Gasteiger partial charge in [-0.05, 0) is 0 Å². The Morgan fingerprint density at radius 3 is 2.50 bits per heavy atom. The van der Waals surface area contributed by atoms with Gasteiger partial charge in [0.05, 0.1) is 0 Å². The smallest absolute Gasteiger partial charge is 0.345 e. The maximum Gasteiger partial charge on any atom is 0.345 e. The summed E-state index contributed by atoms with van der Waals surface area (Å²) in [6.07, 6.45) is 2.12. The molecule has 0 aromatic heterocycles. The number of ether oxygens (including phenoxy) is 1. The largest absolute Gasteiger partial charge is 0.347 e. The van der Waals surface area contributed by atoms with E-state index in [1.807, 2.05) is 0 Å². The summed E-state index contributed by atoms with van der Waals surface area (Å²) in [6, 6.07) is 0. The van der Waals surface area contributed by atoms with Crippen LogP contribution in [0.4, 0.5) is 0 Å². The van der Waals surface area contributed by atoms with Crippen LogP contribution in [-0.4, -0.2) is 5.97 Å². The van der Waals surface area contributed by atoms with Gasteiger partial charge in [-0.15, -0.1) is 17.7 Å². The molecule has 0 heterocycles. The number of hydrogen-bond donors (Lipinski definition) is 0. The minimum absolute atomic E-state index is 0. The Labute approximate surface area is 53.0 Å². The predicted octanol–water partition coefficient (Wildman–Crippen LogP) is 0.618. The number of carbonyl (C=O) groups is 1. The van der Waals surface area contributed by atoms with E-state index in [-0.39, 0.29) is 12.4 Å². The quantitative estimate of drug-likeness (QED) is 0.299. The van der Waals surface area contributed by atoms with Gasteiger partial charge in [0.25, 0.3) is 6.26 Å². The van der Waals surface area contributed by atoms with E-state index in [0.29, 0.717) is 0 Å². The summed E-state index contributed by atoms with van der Waals surface area (Å²) in [5.41, 5.74) is 0. The van der Waals surface area contributed by atoms with E-state index < -0.39 is 5.97 Å². The van der Waals surface area contributed by atoms with E-state index >= 15 is 0 Å². The van der Waals surface area contributed by atoms with Crippen LogP contribution in [-0.2, 0) is 9.53 Å². The molecule has 0 fully saturated rings.